The SMILES string of the molecule is CCN1CCC(N)C1. The Balaban J connectivity index is 2.22. The molecule has 0 aromatic rings. The van der Waals surface area contributed by atoms with E-state index in [-0.39, 0.29) is 0 Å². The zero-order chi connectivity index (χ0) is 5.98. The van der Waals surface area contributed by atoms with Crippen LogP contribution in [0.1, 0.15) is 13.3 Å². The average Bonchev–Trinajstić information content (AvgIpc) is 2.14. The van der Waals surface area contributed by atoms with E-state index in [1.165, 1.54) is 13.0 Å². The van der Waals surface area contributed by atoms with E-state index < -0.39 is 0 Å². The van der Waals surface area contributed by atoms with Crippen LogP contribution in [0.4, 0.5) is 0 Å². The Hall–Kier alpha value is -0.0800. The van der Waals surface area contributed by atoms with Crippen molar-refractivity contribution >= 4 is 0 Å². The fraction of sp³-hybridized carbons (Fsp3) is 1.00. The van der Waals surface area contributed by atoms with Gasteiger partial charge in [0.05, 0.1) is 0 Å². The molecule has 1 fully saturated rings. The standard InChI is InChI=1S/C6H14N2/c1-2-8-4-3-6(7)5-8/h6H,2-5,7H2,1H3. The van der Waals surface area contributed by atoms with E-state index in [0.29, 0.717) is 6.04 Å². The number of nitrogens with zero attached hydrogens (tertiary/aromatic N) is 1. The van der Waals surface area contributed by atoms with Gasteiger partial charge in [-0.3, -0.25) is 0 Å². The molecular formula is C6H14N2. The Bertz CT molecular complexity index is 72.9. The van der Waals surface area contributed by atoms with Crippen LogP contribution >= 0.6 is 0 Å². The van der Waals surface area contributed by atoms with Gasteiger partial charge < -0.3 is 10.6 Å². The minimum Gasteiger partial charge on any atom is -0.326 e. The first-order chi connectivity index (χ1) is 3.83. The van der Waals surface area contributed by atoms with Crippen molar-refractivity contribution in [3.8, 4) is 0 Å². The summed E-state index contributed by atoms with van der Waals surface area (Å²) in [6, 6.07) is 0.454. The average molecular weight is 114 g/mol. The monoisotopic (exact) mass is 114 g/mol. The lowest BCUT2D eigenvalue weighted by atomic mass is 10.3. The van der Waals surface area contributed by atoms with Gasteiger partial charge in [0.2, 0.25) is 0 Å². The predicted molar refractivity (Wildman–Crippen MR) is 34.7 cm³/mol. The van der Waals surface area contributed by atoms with Crippen LogP contribution in [0, 0.1) is 0 Å². The highest BCUT2D eigenvalue weighted by molar-refractivity contribution is 4.76. The number of likely N-dealkylation sites (N-methyl/N-ethyl adjacent to an activating group) is 1. The Morgan fingerprint density at radius 3 is 2.75 bits per heavy atom. The molecule has 1 rings (SSSR count). The second kappa shape index (κ2) is 2.46. The predicted octanol–water partition coefficient (Wildman–Crippen LogP) is 0.0393. The van der Waals surface area contributed by atoms with Crippen molar-refractivity contribution in [2.24, 2.45) is 5.73 Å². The molecule has 0 amide bonds. The first-order valence-corrected chi connectivity index (χ1v) is 3.31. The maximum absolute atomic E-state index is 5.66. The van der Waals surface area contributed by atoms with Gasteiger partial charge in [0.1, 0.15) is 0 Å². The summed E-state index contributed by atoms with van der Waals surface area (Å²) < 4.78 is 0. The number of hydrogen-bond donors (Lipinski definition) is 1. The second-order valence-corrected chi connectivity index (χ2v) is 2.44. The normalized spacial score (nSPS) is 31.5. The van der Waals surface area contributed by atoms with Gasteiger partial charge in [0.15, 0.2) is 0 Å². The van der Waals surface area contributed by atoms with Gasteiger partial charge in [-0.1, -0.05) is 6.92 Å². The number of likely N-dealkylation sites (tertiary alicyclic amines) is 1. The maximum Gasteiger partial charge on any atom is 0.0180 e. The Morgan fingerprint density at radius 1 is 1.75 bits per heavy atom. The van der Waals surface area contributed by atoms with Gasteiger partial charge in [-0.2, -0.15) is 0 Å². The lowest BCUT2D eigenvalue weighted by molar-refractivity contribution is 0.354. The van der Waals surface area contributed by atoms with Crippen LogP contribution in [-0.2, 0) is 0 Å². The van der Waals surface area contributed by atoms with Crippen LogP contribution in [-0.4, -0.2) is 30.6 Å². The summed E-state index contributed by atoms with van der Waals surface area (Å²) in [5.41, 5.74) is 5.66. The Labute approximate surface area is 50.7 Å². The van der Waals surface area contributed by atoms with Crippen molar-refractivity contribution in [1.29, 1.82) is 0 Å². The van der Waals surface area contributed by atoms with Crippen molar-refractivity contribution in [3.05, 3.63) is 0 Å². The van der Waals surface area contributed by atoms with Gasteiger partial charge in [-0.25, -0.2) is 0 Å². The third kappa shape index (κ3) is 1.20. The highest BCUT2D eigenvalue weighted by atomic mass is 15.2. The molecule has 1 saturated heterocycles. The van der Waals surface area contributed by atoms with Gasteiger partial charge in [0.25, 0.3) is 0 Å². The zero-order valence-electron chi connectivity index (χ0n) is 5.43. The fourth-order valence-electron chi connectivity index (χ4n) is 1.15. The van der Waals surface area contributed by atoms with E-state index in [0.717, 1.165) is 13.1 Å². The molecule has 1 unspecified atom stereocenters. The smallest absolute Gasteiger partial charge is 0.0180 e. The first kappa shape index (κ1) is 6.05. The topological polar surface area (TPSA) is 29.3 Å². The molecule has 0 bridgehead atoms. The van der Waals surface area contributed by atoms with Crippen LogP contribution in [0.15, 0.2) is 0 Å². The number of nitrogens with two attached hydrogens (primary N) is 1. The molecular weight excluding hydrogens is 100 g/mol. The minimum atomic E-state index is 0.454. The lowest BCUT2D eigenvalue weighted by Crippen LogP contribution is -2.26. The quantitative estimate of drug-likeness (QED) is 0.521. The lowest BCUT2D eigenvalue weighted by Gasteiger charge is -2.09. The molecule has 0 aliphatic carbocycles. The molecule has 0 aromatic carbocycles. The molecule has 2 N–H and O–H groups in total. The van der Waals surface area contributed by atoms with E-state index in [1.807, 2.05) is 0 Å². The highest BCUT2D eigenvalue weighted by Gasteiger charge is 2.16. The van der Waals surface area contributed by atoms with E-state index in [2.05, 4.69) is 11.8 Å². The van der Waals surface area contributed by atoms with Crippen molar-refractivity contribution < 1.29 is 0 Å². The number of hydrogen-bond acceptors (Lipinski definition) is 2. The first-order valence-electron chi connectivity index (χ1n) is 3.31. The summed E-state index contributed by atoms with van der Waals surface area (Å²) in [6.45, 7) is 5.65. The largest absolute Gasteiger partial charge is 0.326 e. The third-order valence-corrected chi connectivity index (χ3v) is 1.76. The van der Waals surface area contributed by atoms with Crippen molar-refractivity contribution in [2.75, 3.05) is 19.6 Å². The zero-order valence-corrected chi connectivity index (χ0v) is 5.43. The molecule has 2 nitrogen and oxygen atoms in total. The summed E-state index contributed by atoms with van der Waals surface area (Å²) in [7, 11) is 0. The summed E-state index contributed by atoms with van der Waals surface area (Å²) in [6.07, 6.45) is 1.19. The molecule has 48 valence electrons. The molecule has 1 aliphatic heterocycles. The van der Waals surface area contributed by atoms with Gasteiger partial charge in [-0.15, -0.1) is 0 Å². The minimum absolute atomic E-state index is 0.454. The van der Waals surface area contributed by atoms with Crippen LogP contribution in [0.3, 0.4) is 0 Å². The Kier molecular flexibility index (Phi) is 1.86. The van der Waals surface area contributed by atoms with Gasteiger partial charge in [-0.05, 0) is 19.5 Å². The summed E-state index contributed by atoms with van der Waals surface area (Å²) in [5, 5.41) is 0. The maximum atomic E-state index is 5.66. The summed E-state index contributed by atoms with van der Waals surface area (Å²) >= 11 is 0. The molecule has 1 aliphatic rings. The molecule has 8 heavy (non-hydrogen) atoms. The van der Waals surface area contributed by atoms with E-state index in [4.69, 9.17) is 5.73 Å². The van der Waals surface area contributed by atoms with Crippen molar-refractivity contribution in [2.45, 2.75) is 19.4 Å². The van der Waals surface area contributed by atoms with Crippen LogP contribution in [0.2, 0.25) is 0 Å². The third-order valence-electron chi connectivity index (χ3n) is 1.76. The van der Waals surface area contributed by atoms with E-state index in [1.54, 1.807) is 0 Å². The molecule has 0 spiro atoms. The molecule has 1 atom stereocenters. The van der Waals surface area contributed by atoms with Crippen LogP contribution in [0.25, 0.3) is 0 Å². The Morgan fingerprint density at radius 2 is 2.50 bits per heavy atom. The second-order valence-electron chi connectivity index (χ2n) is 2.44. The molecule has 0 aromatic heterocycles. The molecule has 0 saturated carbocycles. The van der Waals surface area contributed by atoms with Gasteiger partial charge >= 0.3 is 0 Å². The number of rotatable bonds is 1. The van der Waals surface area contributed by atoms with E-state index in [9.17, 15) is 0 Å². The molecule has 2 heteroatoms. The fourth-order valence-corrected chi connectivity index (χ4v) is 1.15. The highest BCUT2D eigenvalue weighted by Crippen LogP contribution is 2.04. The van der Waals surface area contributed by atoms with Gasteiger partial charge in [0, 0.05) is 12.6 Å². The van der Waals surface area contributed by atoms with Crippen molar-refractivity contribution in [1.82, 2.24) is 4.90 Å². The summed E-state index contributed by atoms with van der Waals surface area (Å²) in [4.78, 5) is 2.38. The van der Waals surface area contributed by atoms with Crippen molar-refractivity contribution in [3.63, 3.8) is 0 Å². The van der Waals surface area contributed by atoms with E-state index >= 15 is 0 Å². The van der Waals surface area contributed by atoms with Crippen LogP contribution < -0.4 is 5.73 Å². The van der Waals surface area contributed by atoms with Crippen LogP contribution in [0.5, 0.6) is 0 Å². The summed E-state index contributed by atoms with van der Waals surface area (Å²) in [5.74, 6) is 0. The molecule has 1 heterocycles. The molecule has 0 radical (unpaired) electrons.